The molecule has 8 nitrogen and oxygen atoms in total. The first-order chi connectivity index (χ1) is 13.0. The van der Waals surface area contributed by atoms with Crippen molar-refractivity contribution in [3.05, 3.63) is 67.3 Å². The first kappa shape index (κ1) is 16.6. The van der Waals surface area contributed by atoms with Crippen LogP contribution in [0.4, 0.5) is 0 Å². The van der Waals surface area contributed by atoms with Crippen LogP contribution in [0.1, 0.15) is 0 Å². The lowest BCUT2D eigenvalue weighted by Gasteiger charge is -2.11. The Morgan fingerprint density at radius 2 is 1.59 bits per heavy atom. The van der Waals surface area contributed by atoms with Crippen LogP contribution >= 0.6 is 0 Å². The molecule has 0 aliphatic rings. The normalized spacial score (nSPS) is 11.0. The largest absolute Gasteiger partial charge is 0.493 e. The SMILES string of the molecule is COc1ccc2c(=O)cc(-c3ccc4[nH]c(=O)c(=O)[nH]c4c3)oc2c1OC. The molecular weight excluding hydrogens is 352 g/mol. The van der Waals surface area contributed by atoms with E-state index in [-0.39, 0.29) is 16.8 Å². The first-order valence-electron chi connectivity index (χ1n) is 7.97. The third kappa shape index (κ3) is 2.67. The molecule has 0 amide bonds. The van der Waals surface area contributed by atoms with Gasteiger partial charge in [-0.05, 0) is 30.3 Å². The summed E-state index contributed by atoms with van der Waals surface area (Å²) in [4.78, 5) is 40.5. The van der Waals surface area contributed by atoms with Gasteiger partial charge in [0.2, 0.25) is 5.75 Å². The molecule has 2 aromatic heterocycles. The molecule has 0 spiro atoms. The molecule has 0 aliphatic carbocycles. The summed E-state index contributed by atoms with van der Waals surface area (Å²) < 4.78 is 16.5. The van der Waals surface area contributed by atoms with Crippen molar-refractivity contribution in [1.29, 1.82) is 0 Å². The number of hydrogen-bond donors (Lipinski definition) is 2. The number of H-pyrrole nitrogens is 2. The van der Waals surface area contributed by atoms with Gasteiger partial charge in [0.25, 0.3) is 0 Å². The number of methoxy groups -OCH3 is 2. The van der Waals surface area contributed by atoms with Crippen molar-refractivity contribution in [2.45, 2.75) is 0 Å². The van der Waals surface area contributed by atoms with E-state index in [1.165, 1.54) is 20.3 Å². The van der Waals surface area contributed by atoms with Crippen molar-refractivity contribution >= 4 is 22.0 Å². The average Bonchev–Trinajstić information content (AvgIpc) is 2.67. The maximum atomic E-state index is 12.5. The highest BCUT2D eigenvalue weighted by Crippen LogP contribution is 2.36. The molecule has 0 saturated carbocycles. The molecule has 27 heavy (non-hydrogen) atoms. The van der Waals surface area contributed by atoms with Gasteiger partial charge in [-0.25, -0.2) is 0 Å². The van der Waals surface area contributed by atoms with Crippen molar-refractivity contribution in [1.82, 2.24) is 9.97 Å². The number of rotatable bonds is 3. The Kier molecular flexibility index (Phi) is 3.80. The first-order valence-corrected chi connectivity index (χ1v) is 7.97. The van der Waals surface area contributed by atoms with Crippen LogP contribution in [0.2, 0.25) is 0 Å². The van der Waals surface area contributed by atoms with Crippen LogP contribution < -0.4 is 26.0 Å². The predicted molar refractivity (Wildman–Crippen MR) is 99.8 cm³/mol. The molecule has 2 heterocycles. The molecule has 0 radical (unpaired) electrons. The molecule has 4 rings (SSSR count). The van der Waals surface area contributed by atoms with E-state index in [0.717, 1.165) is 0 Å². The second kappa shape index (κ2) is 6.17. The van der Waals surface area contributed by atoms with E-state index in [1.54, 1.807) is 30.3 Å². The highest BCUT2D eigenvalue weighted by molar-refractivity contribution is 5.87. The van der Waals surface area contributed by atoms with Crippen LogP contribution in [0, 0.1) is 0 Å². The van der Waals surface area contributed by atoms with Crippen molar-refractivity contribution in [3.63, 3.8) is 0 Å². The summed E-state index contributed by atoms with van der Waals surface area (Å²) >= 11 is 0. The van der Waals surface area contributed by atoms with E-state index in [2.05, 4.69) is 9.97 Å². The Morgan fingerprint density at radius 1 is 0.852 bits per heavy atom. The number of benzene rings is 2. The van der Waals surface area contributed by atoms with Crippen LogP contribution in [0.3, 0.4) is 0 Å². The summed E-state index contributed by atoms with van der Waals surface area (Å²) in [5.74, 6) is 1.03. The quantitative estimate of drug-likeness (QED) is 0.536. The zero-order chi connectivity index (χ0) is 19.1. The monoisotopic (exact) mass is 366 g/mol. The van der Waals surface area contributed by atoms with Gasteiger partial charge >= 0.3 is 11.1 Å². The fourth-order valence-electron chi connectivity index (χ4n) is 2.94. The molecule has 4 aromatic rings. The maximum absolute atomic E-state index is 12.5. The molecule has 136 valence electrons. The third-order valence-corrected chi connectivity index (χ3v) is 4.25. The molecule has 2 aromatic carbocycles. The Hall–Kier alpha value is -3.81. The molecular formula is C19H14N2O6. The van der Waals surface area contributed by atoms with Gasteiger partial charge in [-0.15, -0.1) is 0 Å². The second-order valence-electron chi connectivity index (χ2n) is 5.82. The van der Waals surface area contributed by atoms with Gasteiger partial charge in [0.1, 0.15) is 5.76 Å². The fourth-order valence-corrected chi connectivity index (χ4v) is 2.94. The van der Waals surface area contributed by atoms with Crippen molar-refractivity contribution in [3.8, 4) is 22.8 Å². The highest BCUT2D eigenvalue weighted by atomic mass is 16.5. The summed E-state index contributed by atoms with van der Waals surface area (Å²) in [6, 6.07) is 9.51. The molecule has 0 bridgehead atoms. The lowest BCUT2D eigenvalue weighted by Crippen LogP contribution is -2.28. The minimum atomic E-state index is -0.758. The lowest BCUT2D eigenvalue weighted by atomic mass is 10.1. The van der Waals surface area contributed by atoms with Gasteiger partial charge in [-0.1, -0.05) is 0 Å². The molecule has 0 saturated heterocycles. The van der Waals surface area contributed by atoms with E-state index in [4.69, 9.17) is 13.9 Å². The molecule has 2 N–H and O–H groups in total. The average molecular weight is 366 g/mol. The standard InChI is InChI=1S/C19H14N2O6/c1-25-14-6-4-10-13(22)8-15(27-16(10)17(14)26-2)9-3-5-11-12(7-9)21-19(24)18(23)20-11/h3-8H,1-2H3,(H,20,23)(H,21,24). The van der Waals surface area contributed by atoms with Crippen molar-refractivity contribution in [2.24, 2.45) is 0 Å². The second-order valence-corrected chi connectivity index (χ2v) is 5.82. The van der Waals surface area contributed by atoms with E-state index in [1.807, 2.05) is 0 Å². The van der Waals surface area contributed by atoms with Crippen LogP contribution in [0.15, 0.2) is 55.2 Å². The van der Waals surface area contributed by atoms with E-state index in [9.17, 15) is 14.4 Å². The van der Waals surface area contributed by atoms with Gasteiger partial charge in [0.05, 0.1) is 30.6 Å². The predicted octanol–water partition coefficient (Wildman–Crippen LogP) is 2.01. The Labute approximate surface area is 151 Å². The zero-order valence-electron chi connectivity index (χ0n) is 14.4. The number of hydrogen-bond acceptors (Lipinski definition) is 6. The topological polar surface area (TPSA) is 114 Å². The number of aromatic nitrogens is 2. The van der Waals surface area contributed by atoms with Gasteiger partial charge in [-0.2, -0.15) is 0 Å². The number of ether oxygens (including phenoxy) is 2. The van der Waals surface area contributed by atoms with E-state index in [0.29, 0.717) is 33.5 Å². The minimum Gasteiger partial charge on any atom is -0.493 e. The Bertz CT molecular complexity index is 1360. The Balaban J connectivity index is 2.00. The van der Waals surface area contributed by atoms with E-state index >= 15 is 0 Å². The van der Waals surface area contributed by atoms with Gasteiger partial charge in [0, 0.05) is 11.6 Å². The smallest absolute Gasteiger partial charge is 0.314 e. The summed E-state index contributed by atoms with van der Waals surface area (Å²) in [6.07, 6.45) is 0. The van der Waals surface area contributed by atoms with Crippen molar-refractivity contribution in [2.75, 3.05) is 14.2 Å². The van der Waals surface area contributed by atoms with Crippen molar-refractivity contribution < 1.29 is 13.9 Å². The van der Waals surface area contributed by atoms with Crippen LogP contribution in [-0.2, 0) is 0 Å². The van der Waals surface area contributed by atoms with E-state index < -0.39 is 11.1 Å². The van der Waals surface area contributed by atoms with Gasteiger partial charge in [-0.3, -0.25) is 14.4 Å². The molecule has 0 atom stereocenters. The zero-order valence-corrected chi connectivity index (χ0v) is 14.4. The molecule has 0 fully saturated rings. The highest BCUT2D eigenvalue weighted by Gasteiger charge is 2.16. The Morgan fingerprint density at radius 3 is 2.30 bits per heavy atom. The van der Waals surface area contributed by atoms with Gasteiger partial charge < -0.3 is 23.9 Å². The van der Waals surface area contributed by atoms with Crippen LogP contribution in [-0.4, -0.2) is 24.2 Å². The third-order valence-electron chi connectivity index (χ3n) is 4.25. The maximum Gasteiger partial charge on any atom is 0.314 e. The van der Waals surface area contributed by atoms with Crippen LogP contribution in [0.25, 0.3) is 33.3 Å². The molecule has 8 heteroatoms. The number of nitrogens with one attached hydrogen (secondary N) is 2. The summed E-state index contributed by atoms with van der Waals surface area (Å²) in [7, 11) is 2.95. The summed E-state index contributed by atoms with van der Waals surface area (Å²) in [5.41, 5.74) is -0.0516. The van der Waals surface area contributed by atoms with Crippen LogP contribution in [0.5, 0.6) is 11.5 Å². The summed E-state index contributed by atoms with van der Waals surface area (Å²) in [6.45, 7) is 0. The minimum absolute atomic E-state index is 0.248. The van der Waals surface area contributed by atoms with Gasteiger partial charge in [0.15, 0.2) is 16.8 Å². The number of fused-ring (bicyclic) bond motifs is 2. The summed E-state index contributed by atoms with van der Waals surface area (Å²) in [5, 5.41) is 0.356. The molecule has 0 unspecified atom stereocenters. The fraction of sp³-hybridized carbons (Fsp3) is 0.105. The molecule has 0 aliphatic heterocycles. The number of aromatic amines is 2. The lowest BCUT2D eigenvalue weighted by molar-refractivity contribution is 0.353.